The van der Waals surface area contributed by atoms with Gasteiger partial charge in [-0.05, 0) is 19.8 Å². The summed E-state index contributed by atoms with van der Waals surface area (Å²) in [5.41, 5.74) is 0. The highest BCUT2D eigenvalue weighted by atomic mass is 32.2. The van der Waals surface area contributed by atoms with Crippen molar-refractivity contribution in [1.29, 1.82) is 0 Å². The lowest BCUT2D eigenvalue weighted by molar-refractivity contribution is 0.127. The molecule has 1 fully saturated rings. The van der Waals surface area contributed by atoms with E-state index in [9.17, 15) is 8.42 Å². The summed E-state index contributed by atoms with van der Waals surface area (Å²) < 4.78 is 31.0. The molecule has 4 nitrogen and oxygen atoms in total. The summed E-state index contributed by atoms with van der Waals surface area (Å²) in [4.78, 5) is 0. The first-order chi connectivity index (χ1) is 7.03. The Labute approximate surface area is 91.4 Å². The summed E-state index contributed by atoms with van der Waals surface area (Å²) in [6.45, 7) is 2.42. The van der Waals surface area contributed by atoms with Crippen molar-refractivity contribution in [1.82, 2.24) is 4.72 Å². The van der Waals surface area contributed by atoms with E-state index in [-0.39, 0.29) is 17.9 Å². The summed E-state index contributed by atoms with van der Waals surface area (Å²) in [6.07, 6.45) is 7.13. The zero-order valence-electron chi connectivity index (χ0n) is 8.90. The van der Waals surface area contributed by atoms with E-state index >= 15 is 0 Å². The lowest BCUT2D eigenvalue weighted by Gasteiger charge is -2.14. The average molecular weight is 231 g/mol. The molecule has 0 aromatic heterocycles. The Morgan fingerprint density at radius 1 is 1.67 bits per heavy atom. The lowest BCUT2D eigenvalue weighted by atomic mass is 10.3. The fourth-order valence-electron chi connectivity index (χ4n) is 1.59. The molecule has 1 rings (SSSR count). The minimum Gasteiger partial charge on any atom is -0.377 e. The highest BCUT2D eigenvalue weighted by molar-refractivity contribution is 7.89. The molecule has 0 amide bonds. The van der Waals surface area contributed by atoms with E-state index in [2.05, 4.69) is 10.6 Å². The van der Waals surface area contributed by atoms with Gasteiger partial charge < -0.3 is 4.74 Å². The molecule has 1 saturated heterocycles. The third kappa shape index (κ3) is 4.65. The standard InChI is InChI=1S/C10H17NO3S/c1-3-5-9(2)11-15(12,13)8-10-6-4-7-14-10/h1,9-11H,4-8H2,2H3. The maximum absolute atomic E-state index is 11.6. The Morgan fingerprint density at radius 3 is 2.93 bits per heavy atom. The zero-order valence-corrected chi connectivity index (χ0v) is 9.72. The van der Waals surface area contributed by atoms with Gasteiger partial charge in [-0.3, -0.25) is 0 Å². The largest absolute Gasteiger partial charge is 0.377 e. The minimum atomic E-state index is -3.26. The molecule has 1 aliphatic heterocycles. The predicted octanol–water partition coefficient (Wildman–Crippen LogP) is 0.497. The molecule has 0 saturated carbocycles. The molecule has 5 heteroatoms. The van der Waals surface area contributed by atoms with E-state index in [0.29, 0.717) is 13.0 Å². The molecule has 0 aliphatic carbocycles. The van der Waals surface area contributed by atoms with E-state index in [4.69, 9.17) is 11.2 Å². The third-order valence-electron chi connectivity index (χ3n) is 2.23. The number of rotatable bonds is 5. The van der Waals surface area contributed by atoms with Crippen molar-refractivity contribution in [3.8, 4) is 12.3 Å². The summed E-state index contributed by atoms with van der Waals surface area (Å²) in [7, 11) is -3.26. The van der Waals surface area contributed by atoms with Crippen LogP contribution in [0.3, 0.4) is 0 Å². The van der Waals surface area contributed by atoms with Crippen LogP contribution in [0.4, 0.5) is 0 Å². The van der Waals surface area contributed by atoms with Crippen molar-refractivity contribution in [3.05, 3.63) is 0 Å². The van der Waals surface area contributed by atoms with Crippen LogP contribution in [0, 0.1) is 12.3 Å². The second kappa shape index (κ2) is 5.50. The molecule has 1 N–H and O–H groups in total. The van der Waals surface area contributed by atoms with Gasteiger partial charge in [0.15, 0.2) is 0 Å². The second-order valence-electron chi connectivity index (χ2n) is 3.84. The third-order valence-corrected chi connectivity index (χ3v) is 3.81. The van der Waals surface area contributed by atoms with Crippen LogP contribution in [-0.2, 0) is 14.8 Å². The Kier molecular flexibility index (Phi) is 4.58. The minimum absolute atomic E-state index is 0.0436. The second-order valence-corrected chi connectivity index (χ2v) is 5.64. The van der Waals surface area contributed by atoms with E-state index in [1.807, 2.05) is 0 Å². The van der Waals surface area contributed by atoms with Crippen LogP contribution in [-0.4, -0.2) is 32.9 Å². The first kappa shape index (κ1) is 12.5. The molecule has 86 valence electrons. The lowest BCUT2D eigenvalue weighted by Crippen LogP contribution is -2.37. The van der Waals surface area contributed by atoms with Crippen molar-refractivity contribution in [2.45, 2.75) is 38.3 Å². The van der Waals surface area contributed by atoms with Crippen molar-refractivity contribution in [3.63, 3.8) is 0 Å². The molecule has 15 heavy (non-hydrogen) atoms. The maximum atomic E-state index is 11.6. The first-order valence-electron chi connectivity index (χ1n) is 5.08. The highest BCUT2D eigenvalue weighted by Gasteiger charge is 2.24. The van der Waals surface area contributed by atoms with Gasteiger partial charge in [0.05, 0.1) is 11.9 Å². The Morgan fingerprint density at radius 2 is 2.40 bits per heavy atom. The number of hydrogen-bond donors (Lipinski definition) is 1. The fraction of sp³-hybridized carbons (Fsp3) is 0.800. The van der Waals surface area contributed by atoms with Crippen LogP contribution < -0.4 is 4.72 Å². The topological polar surface area (TPSA) is 55.4 Å². The average Bonchev–Trinajstić information content (AvgIpc) is 2.54. The van der Waals surface area contributed by atoms with Crippen molar-refractivity contribution in [2.24, 2.45) is 0 Å². The summed E-state index contributed by atoms with van der Waals surface area (Å²) in [5.74, 6) is 2.47. The van der Waals surface area contributed by atoms with Gasteiger partial charge in [0.1, 0.15) is 0 Å². The van der Waals surface area contributed by atoms with Crippen LogP contribution in [0.2, 0.25) is 0 Å². The van der Waals surface area contributed by atoms with Gasteiger partial charge in [0, 0.05) is 19.1 Å². The molecule has 0 bridgehead atoms. The Balaban J connectivity index is 2.41. The Bertz CT molecular complexity index is 325. The summed E-state index contributed by atoms with van der Waals surface area (Å²) >= 11 is 0. The molecule has 0 aromatic rings. The van der Waals surface area contributed by atoms with Gasteiger partial charge in [0.25, 0.3) is 0 Å². The Hall–Kier alpha value is -0.570. The molecule has 0 spiro atoms. The zero-order chi connectivity index (χ0) is 11.3. The number of sulfonamides is 1. The molecular formula is C10H17NO3S. The molecular weight excluding hydrogens is 214 g/mol. The van der Waals surface area contributed by atoms with E-state index in [1.54, 1.807) is 6.92 Å². The number of hydrogen-bond acceptors (Lipinski definition) is 3. The monoisotopic (exact) mass is 231 g/mol. The van der Waals surface area contributed by atoms with Gasteiger partial charge in [-0.25, -0.2) is 13.1 Å². The molecule has 1 heterocycles. The first-order valence-corrected chi connectivity index (χ1v) is 6.74. The maximum Gasteiger partial charge on any atom is 0.214 e. The van der Waals surface area contributed by atoms with Crippen molar-refractivity contribution >= 4 is 10.0 Å². The molecule has 0 radical (unpaired) electrons. The molecule has 1 aliphatic rings. The number of nitrogens with one attached hydrogen (secondary N) is 1. The highest BCUT2D eigenvalue weighted by Crippen LogP contribution is 2.13. The van der Waals surface area contributed by atoms with Gasteiger partial charge in [-0.15, -0.1) is 12.3 Å². The predicted molar refractivity (Wildman–Crippen MR) is 58.8 cm³/mol. The van der Waals surface area contributed by atoms with Gasteiger partial charge in [-0.2, -0.15) is 0 Å². The normalized spacial score (nSPS) is 23.6. The van der Waals surface area contributed by atoms with Gasteiger partial charge in [0.2, 0.25) is 10.0 Å². The van der Waals surface area contributed by atoms with Crippen LogP contribution in [0.5, 0.6) is 0 Å². The van der Waals surface area contributed by atoms with E-state index < -0.39 is 10.0 Å². The SMILES string of the molecule is C#CCC(C)NS(=O)(=O)CC1CCCO1. The van der Waals surface area contributed by atoms with Crippen molar-refractivity contribution < 1.29 is 13.2 Å². The molecule has 2 atom stereocenters. The van der Waals surface area contributed by atoms with Crippen LogP contribution >= 0.6 is 0 Å². The van der Waals surface area contributed by atoms with Crippen LogP contribution in [0.1, 0.15) is 26.2 Å². The number of terminal acetylenes is 1. The van der Waals surface area contributed by atoms with E-state index in [0.717, 1.165) is 12.8 Å². The summed E-state index contributed by atoms with van der Waals surface area (Å²) in [5, 5.41) is 0. The van der Waals surface area contributed by atoms with E-state index in [1.165, 1.54) is 0 Å². The molecule has 0 aromatic carbocycles. The van der Waals surface area contributed by atoms with Crippen molar-refractivity contribution in [2.75, 3.05) is 12.4 Å². The quantitative estimate of drug-likeness (QED) is 0.701. The van der Waals surface area contributed by atoms with Crippen LogP contribution in [0.15, 0.2) is 0 Å². The smallest absolute Gasteiger partial charge is 0.214 e. The van der Waals surface area contributed by atoms with Gasteiger partial charge >= 0.3 is 0 Å². The number of ether oxygens (including phenoxy) is 1. The van der Waals surface area contributed by atoms with Gasteiger partial charge in [-0.1, -0.05) is 0 Å². The molecule has 2 unspecified atom stereocenters. The summed E-state index contributed by atoms with van der Waals surface area (Å²) in [6, 6.07) is -0.207. The fourth-order valence-corrected chi connectivity index (χ4v) is 3.14. The van der Waals surface area contributed by atoms with Crippen LogP contribution in [0.25, 0.3) is 0 Å².